The summed E-state index contributed by atoms with van der Waals surface area (Å²) in [5, 5.41) is 10.1. The minimum absolute atomic E-state index is 0.0391. The van der Waals surface area contributed by atoms with E-state index in [0.29, 0.717) is 23.2 Å². The fraction of sp³-hybridized carbons (Fsp3) is 0.200. The maximum Gasteiger partial charge on any atom is 0.238 e. The lowest BCUT2D eigenvalue weighted by Crippen LogP contribution is -2.36. The van der Waals surface area contributed by atoms with Gasteiger partial charge in [-0.2, -0.15) is 5.26 Å². The number of benzene rings is 3. The molecule has 0 saturated heterocycles. The first kappa shape index (κ1) is 21.7. The fourth-order valence-corrected chi connectivity index (χ4v) is 4.80. The fourth-order valence-electron chi connectivity index (χ4n) is 4.80. The normalized spacial score (nSPS) is 16.6. The number of nitriles is 1. The van der Waals surface area contributed by atoms with Crippen LogP contribution >= 0.6 is 0 Å². The first-order valence-electron chi connectivity index (χ1n) is 11.5. The predicted octanol–water partition coefficient (Wildman–Crippen LogP) is 7.35. The van der Waals surface area contributed by atoms with Gasteiger partial charge in [0, 0.05) is 41.5 Å². The van der Waals surface area contributed by atoms with Crippen molar-refractivity contribution in [3.63, 3.8) is 0 Å². The summed E-state index contributed by atoms with van der Waals surface area (Å²) >= 11 is 0. The van der Waals surface area contributed by atoms with Gasteiger partial charge in [-0.1, -0.05) is 80.6 Å². The number of furan rings is 1. The van der Waals surface area contributed by atoms with Crippen molar-refractivity contribution < 1.29 is 4.42 Å². The van der Waals surface area contributed by atoms with E-state index in [0.717, 1.165) is 22.3 Å². The molecule has 1 atom stereocenters. The Labute approximate surface area is 200 Å². The molecule has 5 rings (SSSR count). The number of anilines is 1. The average molecular weight is 446 g/mol. The summed E-state index contributed by atoms with van der Waals surface area (Å²) in [4.78, 5) is 6.99. The van der Waals surface area contributed by atoms with Crippen LogP contribution in [0.3, 0.4) is 0 Å². The summed E-state index contributed by atoms with van der Waals surface area (Å²) in [5.74, 6) is 0.978. The highest BCUT2D eigenvalue weighted by atomic mass is 16.4. The molecule has 168 valence electrons. The molecule has 0 radical (unpaired) electrons. The number of hydrogen-bond donors (Lipinski definition) is 0. The summed E-state index contributed by atoms with van der Waals surface area (Å²) in [7, 11) is 2.14. The molecule has 0 saturated carbocycles. The molecule has 0 bridgehead atoms. The molecule has 0 aliphatic carbocycles. The van der Waals surface area contributed by atoms with E-state index in [-0.39, 0.29) is 5.41 Å². The van der Waals surface area contributed by atoms with E-state index in [4.69, 9.17) is 4.42 Å². The maximum absolute atomic E-state index is 10.1. The first-order valence-corrected chi connectivity index (χ1v) is 11.5. The van der Waals surface area contributed by atoms with Crippen molar-refractivity contribution in [1.82, 2.24) is 0 Å². The van der Waals surface area contributed by atoms with Crippen molar-refractivity contribution in [2.75, 3.05) is 11.9 Å². The molecule has 3 aromatic carbocycles. The second kappa shape index (κ2) is 8.35. The molecule has 0 unspecified atom stereocenters. The highest BCUT2D eigenvalue weighted by Gasteiger charge is 2.40. The highest BCUT2D eigenvalue weighted by Crippen LogP contribution is 2.45. The monoisotopic (exact) mass is 445 g/mol. The van der Waals surface area contributed by atoms with E-state index < -0.39 is 0 Å². The van der Waals surface area contributed by atoms with Gasteiger partial charge >= 0.3 is 0 Å². The SMILES string of the molecule is C[C@@H]1N(C)c2ccc(C=Nc3oc(-c4ccccc4)c(-c4ccccc4)c3C#N)cc2C1(C)C. The molecule has 1 aliphatic rings. The van der Waals surface area contributed by atoms with Gasteiger partial charge in [0.15, 0.2) is 0 Å². The minimum Gasteiger partial charge on any atom is -0.436 e. The number of fused-ring (bicyclic) bond motifs is 1. The molecule has 4 aromatic rings. The van der Waals surface area contributed by atoms with E-state index >= 15 is 0 Å². The van der Waals surface area contributed by atoms with Gasteiger partial charge in [0.1, 0.15) is 17.4 Å². The van der Waals surface area contributed by atoms with Gasteiger partial charge in [-0.15, -0.1) is 0 Å². The van der Waals surface area contributed by atoms with E-state index in [1.165, 1.54) is 11.3 Å². The number of rotatable bonds is 4. The molecule has 0 spiro atoms. The van der Waals surface area contributed by atoms with Gasteiger partial charge < -0.3 is 9.32 Å². The van der Waals surface area contributed by atoms with Crippen LogP contribution in [0, 0.1) is 11.3 Å². The number of nitrogens with zero attached hydrogens (tertiary/aromatic N) is 3. The highest BCUT2D eigenvalue weighted by molar-refractivity contribution is 5.90. The van der Waals surface area contributed by atoms with E-state index in [2.05, 4.69) is 62.0 Å². The molecule has 2 heterocycles. The standard InChI is InChI=1S/C30H27N3O/c1-20-30(2,3)25-17-21(15-16-26(25)33(20)4)19-32-29-24(18-31)27(22-11-7-5-8-12-22)28(34-29)23-13-9-6-10-14-23/h5-17,19-20H,1-4H3/t20-/m0/s1. The molecule has 4 heteroatoms. The summed E-state index contributed by atoms with van der Waals surface area (Å²) in [5.41, 5.74) is 6.64. The Kier molecular flexibility index (Phi) is 5.34. The Morgan fingerprint density at radius 2 is 1.62 bits per heavy atom. The van der Waals surface area contributed by atoms with Crippen LogP contribution in [0.4, 0.5) is 11.6 Å². The van der Waals surface area contributed by atoms with Crippen molar-refractivity contribution in [1.29, 1.82) is 5.26 Å². The number of hydrogen-bond acceptors (Lipinski definition) is 4. The molecular formula is C30H27N3O. The maximum atomic E-state index is 10.1. The third-order valence-electron chi connectivity index (χ3n) is 7.15. The van der Waals surface area contributed by atoms with Gasteiger partial charge in [0.2, 0.25) is 5.88 Å². The smallest absolute Gasteiger partial charge is 0.238 e. The Morgan fingerprint density at radius 1 is 0.971 bits per heavy atom. The second-order valence-electron chi connectivity index (χ2n) is 9.37. The molecular weight excluding hydrogens is 418 g/mol. The third-order valence-corrected chi connectivity index (χ3v) is 7.15. The van der Waals surface area contributed by atoms with Crippen LogP contribution < -0.4 is 4.90 Å². The summed E-state index contributed by atoms with van der Waals surface area (Å²) in [6, 6.07) is 28.9. The summed E-state index contributed by atoms with van der Waals surface area (Å²) < 4.78 is 6.24. The van der Waals surface area contributed by atoms with Crippen molar-refractivity contribution in [2.24, 2.45) is 4.99 Å². The van der Waals surface area contributed by atoms with Crippen molar-refractivity contribution in [3.8, 4) is 28.5 Å². The van der Waals surface area contributed by atoms with Crippen LogP contribution in [0.25, 0.3) is 22.5 Å². The quantitative estimate of drug-likeness (QED) is 0.309. The summed E-state index contributed by atoms with van der Waals surface area (Å²) in [6.45, 7) is 6.81. The largest absolute Gasteiger partial charge is 0.436 e. The summed E-state index contributed by atoms with van der Waals surface area (Å²) in [6.07, 6.45) is 1.79. The molecule has 0 amide bonds. The first-order chi connectivity index (χ1) is 16.4. The lowest BCUT2D eigenvalue weighted by atomic mass is 9.81. The lowest BCUT2D eigenvalue weighted by Gasteiger charge is -2.28. The molecule has 34 heavy (non-hydrogen) atoms. The Bertz CT molecular complexity index is 1410. The van der Waals surface area contributed by atoms with Gasteiger partial charge in [0.25, 0.3) is 0 Å². The number of likely N-dealkylation sites (N-methyl/N-ethyl adjacent to an activating group) is 1. The lowest BCUT2D eigenvalue weighted by molar-refractivity contribution is 0.454. The Morgan fingerprint density at radius 3 is 2.26 bits per heavy atom. The molecule has 0 fully saturated rings. The van der Waals surface area contributed by atoms with Crippen LogP contribution in [0.2, 0.25) is 0 Å². The van der Waals surface area contributed by atoms with Crippen molar-refractivity contribution in [2.45, 2.75) is 32.2 Å². The Balaban J connectivity index is 1.61. The Hall–Kier alpha value is -4.10. The average Bonchev–Trinajstić information content (AvgIpc) is 3.33. The second-order valence-corrected chi connectivity index (χ2v) is 9.37. The molecule has 1 aliphatic heterocycles. The van der Waals surface area contributed by atoms with Gasteiger partial charge in [0.05, 0.1) is 0 Å². The number of aliphatic imine (C=N–C) groups is 1. The molecule has 1 aromatic heterocycles. The topological polar surface area (TPSA) is 52.5 Å². The van der Waals surface area contributed by atoms with Crippen molar-refractivity contribution >= 4 is 17.8 Å². The zero-order valence-corrected chi connectivity index (χ0v) is 19.9. The predicted molar refractivity (Wildman–Crippen MR) is 139 cm³/mol. The van der Waals surface area contributed by atoms with Gasteiger partial charge in [-0.3, -0.25) is 0 Å². The zero-order chi connectivity index (χ0) is 23.9. The molecule has 0 N–H and O–H groups in total. The van der Waals surface area contributed by atoms with E-state index in [1.807, 2.05) is 60.7 Å². The minimum atomic E-state index is 0.0391. The van der Waals surface area contributed by atoms with Gasteiger partial charge in [-0.25, -0.2) is 4.99 Å². The van der Waals surface area contributed by atoms with Crippen LogP contribution in [0.5, 0.6) is 0 Å². The van der Waals surface area contributed by atoms with E-state index in [1.54, 1.807) is 6.21 Å². The third kappa shape index (κ3) is 3.50. The van der Waals surface area contributed by atoms with Crippen LogP contribution in [-0.4, -0.2) is 19.3 Å². The van der Waals surface area contributed by atoms with E-state index in [9.17, 15) is 5.26 Å². The van der Waals surface area contributed by atoms with Crippen LogP contribution in [0.1, 0.15) is 37.5 Å². The molecule has 4 nitrogen and oxygen atoms in total. The van der Waals surface area contributed by atoms with Crippen LogP contribution in [0.15, 0.2) is 88.3 Å². The van der Waals surface area contributed by atoms with Gasteiger partial charge in [-0.05, 0) is 35.7 Å². The van der Waals surface area contributed by atoms with Crippen LogP contribution in [-0.2, 0) is 5.41 Å². The van der Waals surface area contributed by atoms with Crippen molar-refractivity contribution in [3.05, 3.63) is 95.6 Å². The zero-order valence-electron chi connectivity index (χ0n) is 19.9.